The van der Waals surface area contributed by atoms with Crippen LogP contribution in [0.4, 0.5) is 19.0 Å². The molecule has 1 aromatic rings. The fourth-order valence-electron chi connectivity index (χ4n) is 0.755. The van der Waals surface area contributed by atoms with Crippen molar-refractivity contribution in [3.63, 3.8) is 0 Å². The lowest BCUT2D eigenvalue weighted by molar-refractivity contribution is -0.143. The van der Waals surface area contributed by atoms with E-state index < -0.39 is 11.9 Å². The van der Waals surface area contributed by atoms with E-state index in [0.717, 1.165) is 6.07 Å². The standard InChI is InChI=1S/C5H6F3N3.CH2O2/c1-11-3(5(6,7)8)2-4(9)10-11;2-1-3/h2H,1H3,(H2,9,10);1H,(H,2,3). The minimum absolute atomic E-state index is 0.125. The Hall–Kier alpha value is -1.73. The van der Waals surface area contributed by atoms with Crippen molar-refractivity contribution in [2.24, 2.45) is 7.05 Å². The second kappa shape index (κ2) is 4.49. The molecule has 0 saturated carbocycles. The SMILES string of the molecule is Cn1nc(N)cc1C(F)(F)F.O=CO. The van der Waals surface area contributed by atoms with Crippen molar-refractivity contribution in [2.45, 2.75) is 6.18 Å². The van der Waals surface area contributed by atoms with Gasteiger partial charge in [0, 0.05) is 13.1 Å². The number of rotatable bonds is 0. The third-order valence-electron chi connectivity index (χ3n) is 1.19. The number of hydrogen-bond donors (Lipinski definition) is 2. The van der Waals surface area contributed by atoms with E-state index in [0.29, 0.717) is 4.68 Å². The number of nitrogens with zero attached hydrogens (tertiary/aromatic N) is 2. The van der Waals surface area contributed by atoms with E-state index in [1.165, 1.54) is 7.05 Å². The summed E-state index contributed by atoms with van der Waals surface area (Å²) in [5.74, 6) is -0.125. The van der Waals surface area contributed by atoms with Crippen molar-refractivity contribution in [2.75, 3.05) is 5.73 Å². The smallest absolute Gasteiger partial charge is 0.433 e. The zero-order chi connectivity index (χ0) is 11.4. The van der Waals surface area contributed by atoms with Crippen LogP contribution in [-0.2, 0) is 18.0 Å². The van der Waals surface area contributed by atoms with Gasteiger partial charge in [0.1, 0.15) is 11.5 Å². The van der Waals surface area contributed by atoms with Gasteiger partial charge in [-0.2, -0.15) is 18.3 Å². The van der Waals surface area contributed by atoms with Crippen LogP contribution in [0.25, 0.3) is 0 Å². The van der Waals surface area contributed by atoms with Gasteiger partial charge in [-0.25, -0.2) is 0 Å². The highest BCUT2D eigenvalue weighted by atomic mass is 19.4. The maximum atomic E-state index is 11.9. The number of carbonyl (C=O) groups is 1. The van der Waals surface area contributed by atoms with Crippen LogP contribution in [0, 0.1) is 0 Å². The molecular weight excluding hydrogens is 203 g/mol. The Balaban J connectivity index is 0.000000500. The minimum atomic E-state index is -4.38. The van der Waals surface area contributed by atoms with Gasteiger partial charge in [-0.15, -0.1) is 0 Å². The number of carboxylic acid groups (broad SMARTS) is 1. The van der Waals surface area contributed by atoms with Crippen LogP contribution >= 0.6 is 0 Å². The summed E-state index contributed by atoms with van der Waals surface area (Å²) < 4.78 is 36.5. The molecule has 14 heavy (non-hydrogen) atoms. The number of nitrogens with two attached hydrogens (primary N) is 1. The molecule has 5 nitrogen and oxygen atoms in total. The summed E-state index contributed by atoms with van der Waals surface area (Å²) >= 11 is 0. The quantitative estimate of drug-likeness (QED) is 0.619. The van der Waals surface area contributed by atoms with Gasteiger partial charge in [-0.3, -0.25) is 9.48 Å². The first-order valence-electron chi connectivity index (χ1n) is 3.27. The van der Waals surface area contributed by atoms with E-state index in [2.05, 4.69) is 5.10 Å². The van der Waals surface area contributed by atoms with Crippen LogP contribution in [0.1, 0.15) is 5.69 Å². The number of nitrogen functional groups attached to an aromatic ring is 1. The Morgan fingerprint density at radius 3 is 2.21 bits per heavy atom. The largest absolute Gasteiger partial charge is 0.483 e. The average molecular weight is 211 g/mol. The van der Waals surface area contributed by atoms with Gasteiger partial charge < -0.3 is 10.8 Å². The molecule has 0 saturated heterocycles. The normalized spacial score (nSPS) is 10.3. The highest BCUT2D eigenvalue weighted by Crippen LogP contribution is 2.29. The molecule has 0 aromatic carbocycles. The Kier molecular flexibility index (Phi) is 3.94. The van der Waals surface area contributed by atoms with Gasteiger partial charge in [0.05, 0.1) is 0 Å². The summed E-state index contributed by atoms with van der Waals surface area (Å²) in [7, 11) is 1.19. The van der Waals surface area contributed by atoms with Gasteiger partial charge in [0.25, 0.3) is 6.47 Å². The summed E-state index contributed by atoms with van der Waals surface area (Å²) in [6.45, 7) is -0.250. The molecule has 3 N–H and O–H groups in total. The first-order valence-corrected chi connectivity index (χ1v) is 3.27. The predicted molar refractivity (Wildman–Crippen MR) is 41.3 cm³/mol. The molecule has 0 atom stereocenters. The fraction of sp³-hybridized carbons (Fsp3) is 0.333. The van der Waals surface area contributed by atoms with E-state index in [1.54, 1.807) is 0 Å². The van der Waals surface area contributed by atoms with E-state index in [-0.39, 0.29) is 12.3 Å². The summed E-state index contributed by atoms with van der Waals surface area (Å²) in [6.07, 6.45) is -4.38. The lowest BCUT2D eigenvalue weighted by atomic mass is 10.4. The topological polar surface area (TPSA) is 81.1 Å². The molecule has 0 aliphatic heterocycles. The van der Waals surface area contributed by atoms with Crippen molar-refractivity contribution >= 4 is 12.3 Å². The van der Waals surface area contributed by atoms with Gasteiger partial charge in [-0.1, -0.05) is 0 Å². The number of anilines is 1. The van der Waals surface area contributed by atoms with E-state index >= 15 is 0 Å². The van der Waals surface area contributed by atoms with E-state index in [4.69, 9.17) is 15.6 Å². The van der Waals surface area contributed by atoms with Crippen molar-refractivity contribution in [3.8, 4) is 0 Å². The molecule has 0 amide bonds. The van der Waals surface area contributed by atoms with Crippen LogP contribution in [0.3, 0.4) is 0 Å². The van der Waals surface area contributed by atoms with Gasteiger partial charge in [0.15, 0.2) is 0 Å². The third-order valence-corrected chi connectivity index (χ3v) is 1.19. The average Bonchev–Trinajstić information content (AvgIpc) is 2.30. The zero-order valence-corrected chi connectivity index (χ0v) is 7.12. The van der Waals surface area contributed by atoms with Gasteiger partial charge >= 0.3 is 6.18 Å². The molecule has 0 aliphatic carbocycles. The molecule has 0 aliphatic rings. The molecule has 0 fully saturated rings. The first kappa shape index (κ1) is 12.3. The van der Waals surface area contributed by atoms with Crippen LogP contribution in [0.15, 0.2) is 6.07 Å². The molecule has 8 heteroatoms. The Morgan fingerprint density at radius 1 is 1.64 bits per heavy atom. The highest BCUT2D eigenvalue weighted by Gasteiger charge is 2.34. The van der Waals surface area contributed by atoms with Crippen molar-refractivity contribution in [3.05, 3.63) is 11.8 Å². The second-order valence-corrected chi connectivity index (χ2v) is 2.18. The molecule has 0 unspecified atom stereocenters. The van der Waals surface area contributed by atoms with Crippen LogP contribution < -0.4 is 5.73 Å². The van der Waals surface area contributed by atoms with Crippen LogP contribution in [-0.4, -0.2) is 21.4 Å². The Morgan fingerprint density at radius 2 is 2.07 bits per heavy atom. The van der Waals surface area contributed by atoms with Crippen LogP contribution in [0.2, 0.25) is 0 Å². The molecule has 0 bridgehead atoms. The van der Waals surface area contributed by atoms with E-state index in [1.807, 2.05) is 0 Å². The molecule has 1 heterocycles. The fourth-order valence-corrected chi connectivity index (χ4v) is 0.755. The zero-order valence-electron chi connectivity index (χ0n) is 7.12. The number of alkyl halides is 3. The second-order valence-electron chi connectivity index (χ2n) is 2.18. The Bertz CT molecular complexity index is 308. The summed E-state index contributed by atoms with van der Waals surface area (Å²) in [5.41, 5.74) is 4.21. The number of aromatic nitrogens is 2. The molecule has 0 radical (unpaired) electrons. The maximum Gasteiger partial charge on any atom is 0.433 e. The third kappa shape index (κ3) is 3.33. The van der Waals surface area contributed by atoms with Gasteiger partial charge in [0.2, 0.25) is 0 Å². The lowest BCUT2D eigenvalue weighted by Crippen LogP contribution is -2.11. The minimum Gasteiger partial charge on any atom is -0.483 e. The van der Waals surface area contributed by atoms with E-state index in [9.17, 15) is 13.2 Å². The maximum absolute atomic E-state index is 11.9. The number of hydrogen-bond acceptors (Lipinski definition) is 3. The number of aryl methyl sites for hydroxylation is 1. The highest BCUT2D eigenvalue weighted by molar-refractivity contribution is 5.32. The van der Waals surface area contributed by atoms with Crippen molar-refractivity contribution in [1.82, 2.24) is 9.78 Å². The summed E-state index contributed by atoms with van der Waals surface area (Å²) in [5, 5.41) is 10.2. The number of halogens is 3. The molecule has 80 valence electrons. The van der Waals surface area contributed by atoms with Crippen LogP contribution in [0.5, 0.6) is 0 Å². The molecule has 0 spiro atoms. The molecular formula is C6H8F3N3O2. The lowest BCUT2D eigenvalue weighted by Gasteiger charge is -2.04. The summed E-state index contributed by atoms with van der Waals surface area (Å²) in [6, 6.07) is 0.792. The Labute approximate surface area is 76.9 Å². The summed E-state index contributed by atoms with van der Waals surface area (Å²) in [4.78, 5) is 8.36. The first-order chi connectivity index (χ1) is 6.32. The monoisotopic (exact) mass is 211 g/mol. The van der Waals surface area contributed by atoms with Gasteiger partial charge in [-0.05, 0) is 0 Å². The predicted octanol–water partition coefficient (Wildman–Crippen LogP) is 0.722. The van der Waals surface area contributed by atoms with Crippen molar-refractivity contribution < 1.29 is 23.1 Å². The molecule has 1 rings (SSSR count). The molecule has 1 aromatic heterocycles. The van der Waals surface area contributed by atoms with Crippen molar-refractivity contribution in [1.29, 1.82) is 0 Å².